The van der Waals surface area contributed by atoms with Crippen molar-refractivity contribution in [2.24, 2.45) is 0 Å². The molecule has 0 saturated carbocycles. The van der Waals surface area contributed by atoms with Crippen LogP contribution in [0.1, 0.15) is 34.1 Å². The standard InChI is InChI=1S/C22H26N2O5S/c1-3-24(11-14-13-28-16-8-4-5-9-17(16)29-14)12-19(25)23-21-20(22(26)27-2)15-7-6-10-18(15)30-21/h4-5,8-9,14H,3,6-7,10-13H2,1-2H3,(H,23,25). The maximum atomic E-state index is 12.7. The number of likely N-dealkylation sites (N-methyl/N-ethyl adjacent to an activating group) is 1. The third-order valence-electron chi connectivity index (χ3n) is 5.41. The Hall–Kier alpha value is -2.58. The largest absolute Gasteiger partial charge is 0.486 e. The van der Waals surface area contributed by atoms with Crippen molar-refractivity contribution < 1.29 is 23.8 Å². The number of ether oxygens (including phenoxy) is 3. The van der Waals surface area contributed by atoms with Crippen LogP contribution in [0.4, 0.5) is 5.00 Å². The molecule has 0 radical (unpaired) electrons. The Balaban J connectivity index is 1.38. The van der Waals surface area contributed by atoms with E-state index in [1.54, 1.807) is 0 Å². The molecule has 1 aliphatic heterocycles. The summed E-state index contributed by atoms with van der Waals surface area (Å²) in [5.41, 5.74) is 1.55. The van der Waals surface area contributed by atoms with E-state index in [-0.39, 0.29) is 24.5 Å². The highest BCUT2D eigenvalue weighted by Gasteiger charge is 2.29. The lowest BCUT2D eigenvalue weighted by Gasteiger charge is -2.30. The number of nitrogens with one attached hydrogen (secondary N) is 1. The van der Waals surface area contributed by atoms with Gasteiger partial charge in [-0.1, -0.05) is 19.1 Å². The van der Waals surface area contributed by atoms with Crippen LogP contribution in [0.3, 0.4) is 0 Å². The summed E-state index contributed by atoms with van der Waals surface area (Å²) in [6, 6.07) is 7.59. The highest BCUT2D eigenvalue weighted by Crippen LogP contribution is 2.39. The molecule has 0 fully saturated rings. The summed E-state index contributed by atoms with van der Waals surface area (Å²) in [7, 11) is 1.37. The monoisotopic (exact) mass is 430 g/mol. The molecule has 1 aromatic heterocycles. The lowest BCUT2D eigenvalue weighted by atomic mass is 10.1. The Labute approximate surface area is 179 Å². The molecular formula is C22H26N2O5S. The average molecular weight is 431 g/mol. The van der Waals surface area contributed by atoms with Crippen LogP contribution in [0.15, 0.2) is 24.3 Å². The van der Waals surface area contributed by atoms with Gasteiger partial charge in [0.1, 0.15) is 17.7 Å². The van der Waals surface area contributed by atoms with Gasteiger partial charge in [0.05, 0.1) is 19.2 Å². The molecule has 1 atom stereocenters. The fourth-order valence-electron chi connectivity index (χ4n) is 3.93. The Morgan fingerprint density at radius 1 is 1.27 bits per heavy atom. The van der Waals surface area contributed by atoms with Gasteiger partial charge < -0.3 is 19.5 Å². The highest BCUT2D eigenvalue weighted by molar-refractivity contribution is 7.17. The van der Waals surface area contributed by atoms with E-state index in [1.165, 1.54) is 23.3 Å². The molecule has 8 heteroatoms. The van der Waals surface area contributed by atoms with Gasteiger partial charge in [-0.05, 0) is 43.5 Å². The van der Waals surface area contributed by atoms with Crippen LogP contribution in [0.25, 0.3) is 0 Å². The Kier molecular flexibility index (Phi) is 6.24. The van der Waals surface area contributed by atoms with Crippen LogP contribution in [0.5, 0.6) is 11.5 Å². The fraction of sp³-hybridized carbons (Fsp3) is 0.455. The first kappa shape index (κ1) is 20.7. The zero-order chi connectivity index (χ0) is 21.1. The second-order valence-electron chi connectivity index (χ2n) is 7.43. The Morgan fingerprint density at radius 3 is 2.83 bits per heavy atom. The van der Waals surface area contributed by atoms with Crippen molar-refractivity contribution >= 4 is 28.2 Å². The molecule has 30 heavy (non-hydrogen) atoms. The summed E-state index contributed by atoms with van der Waals surface area (Å²) in [6.45, 7) is 3.92. The minimum Gasteiger partial charge on any atom is -0.486 e. The molecule has 1 aromatic carbocycles. The number of hydrogen-bond acceptors (Lipinski definition) is 7. The predicted octanol–water partition coefficient (Wildman–Crippen LogP) is 3.12. The average Bonchev–Trinajstić information content (AvgIpc) is 3.33. The first-order valence-electron chi connectivity index (χ1n) is 10.2. The van der Waals surface area contributed by atoms with Gasteiger partial charge in [-0.3, -0.25) is 9.69 Å². The predicted molar refractivity (Wildman–Crippen MR) is 115 cm³/mol. The fourth-order valence-corrected chi connectivity index (χ4v) is 5.22. The van der Waals surface area contributed by atoms with Crippen LogP contribution in [0.2, 0.25) is 0 Å². The summed E-state index contributed by atoms with van der Waals surface area (Å²) < 4.78 is 16.7. The molecule has 2 heterocycles. The molecule has 160 valence electrons. The zero-order valence-corrected chi connectivity index (χ0v) is 18.0. The van der Waals surface area contributed by atoms with E-state index in [0.717, 1.165) is 36.3 Å². The van der Waals surface area contributed by atoms with Gasteiger partial charge in [0.25, 0.3) is 0 Å². The van der Waals surface area contributed by atoms with Crippen LogP contribution >= 0.6 is 11.3 Å². The quantitative estimate of drug-likeness (QED) is 0.680. The van der Waals surface area contributed by atoms with Gasteiger partial charge >= 0.3 is 5.97 Å². The van der Waals surface area contributed by atoms with E-state index in [1.807, 2.05) is 36.1 Å². The maximum absolute atomic E-state index is 12.7. The van der Waals surface area contributed by atoms with E-state index in [9.17, 15) is 9.59 Å². The normalized spacial score (nSPS) is 17.0. The number of carbonyl (C=O) groups excluding carboxylic acids is 2. The number of esters is 1. The van der Waals surface area contributed by atoms with Gasteiger partial charge in [-0.15, -0.1) is 11.3 Å². The number of thiophene rings is 1. The topological polar surface area (TPSA) is 77.1 Å². The van der Waals surface area contributed by atoms with Crippen LogP contribution in [-0.4, -0.2) is 56.2 Å². The molecule has 1 N–H and O–H groups in total. The number of carbonyl (C=O) groups is 2. The summed E-state index contributed by atoms with van der Waals surface area (Å²) in [4.78, 5) is 28.2. The van der Waals surface area contributed by atoms with Crippen LogP contribution in [0, 0.1) is 0 Å². The Bertz CT molecular complexity index is 942. The van der Waals surface area contributed by atoms with Crippen LogP contribution in [-0.2, 0) is 22.4 Å². The number of benzene rings is 1. The zero-order valence-electron chi connectivity index (χ0n) is 17.2. The van der Waals surface area contributed by atoms with E-state index in [4.69, 9.17) is 14.2 Å². The smallest absolute Gasteiger partial charge is 0.341 e. The summed E-state index contributed by atoms with van der Waals surface area (Å²) in [5, 5.41) is 3.53. The Morgan fingerprint density at radius 2 is 2.07 bits per heavy atom. The number of fused-ring (bicyclic) bond motifs is 2. The lowest BCUT2D eigenvalue weighted by Crippen LogP contribution is -2.43. The summed E-state index contributed by atoms with van der Waals surface area (Å²) in [6.07, 6.45) is 2.69. The molecule has 0 bridgehead atoms. The number of methoxy groups -OCH3 is 1. The van der Waals surface area contributed by atoms with Crippen molar-refractivity contribution in [1.82, 2.24) is 4.90 Å². The minimum atomic E-state index is -0.386. The van der Waals surface area contributed by atoms with Crippen molar-refractivity contribution in [1.29, 1.82) is 0 Å². The van der Waals surface area contributed by atoms with Crippen molar-refractivity contribution in [3.05, 3.63) is 40.3 Å². The number of nitrogens with zero attached hydrogens (tertiary/aromatic N) is 1. The molecule has 1 unspecified atom stereocenters. The third kappa shape index (κ3) is 4.29. The SMILES string of the molecule is CCN(CC(=O)Nc1sc2c(c1C(=O)OC)CCC2)CC1COc2ccccc2O1. The van der Waals surface area contributed by atoms with Crippen molar-refractivity contribution in [3.63, 3.8) is 0 Å². The maximum Gasteiger partial charge on any atom is 0.341 e. The van der Waals surface area contributed by atoms with Crippen molar-refractivity contribution in [3.8, 4) is 11.5 Å². The molecule has 4 rings (SSSR count). The van der Waals surface area contributed by atoms with Gasteiger partial charge in [0.15, 0.2) is 11.5 Å². The number of hydrogen-bond donors (Lipinski definition) is 1. The molecule has 0 saturated heterocycles. The summed E-state index contributed by atoms with van der Waals surface area (Å²) >= 11 is 1.49. The number of para-hydroxylation sites is 2. The second-order valence-corrected chi connectivity index (χ2v) is 8.53. The van der Waals surface area contributed by atoms with E-state index in [0.29, 0.717) is 30.3 Å². The number of anilines is 1. The molecule has 0 spiro atoms. The summed E-state index contributed by atoms with van der Waals surface area (Å²) in [5.74, 6) is 0.934. The molecule has 1 amide bonds. The third-order valence-corrected chi connectivity index (χ3v) is 6.61. The van der Waals surface area contributed by atoms with Crippen molar-refractivity contribution in [2.75, 3.05) is 38.7 Å². The van der Waals surface area contributed by atoms with E-state index < -0.39 is 0 Å². The van der Waals surface area contributed by atoms with Gasteiger partial charge in [-0.25, -0.2) is 4.79 Å². The van der Waals surface area contributed by atoms with Gasteiger partial charge in [0.2, 0.25) is 5.91 Å². The van der Waals surface area contributed by atoms with Crippen molar-refractivity contribution in [2.45, 2.75) is 32.3 Å². The number of aryl methyl sites for hydroxylation is 1. The minimum absolute atomic E-state index is 0.149. The van der Waals surface area contributed by atoms with E-state index >= 15 is 0 Å². The number of amides is 1. The molecule has 2 aliphatic rings. The molecular weight excluding hydrogens is 404 g/mol. The molecule has 1 aliphatic carbocycles. The first-order chi connectivity index (χ1) is 14.6. The first-order valence-corrected chi connectivity index (χ1v) is 11.0. The second kappa shape index (κ2) is 9.06. The van der Waals surface area contributed by atoms with Gasteiger partial charge in [-0.2, -0.15) is 0 Å². The lowest BCUT2D eigenvalue weighted by molar-refractivity contribution is -0.117. The van der Waals surface area contributed by atoms with Gasteiger partial charge in [0, 0.05) is 11.4 Å². The van der Waals surface area contributed by atoms with E-state index in [2.05, 4.69) is 5.32 Å². The molecule has 7 nitrogen and oxygen atoms in total. The number of rotatable bonds is 7. The molecule has 2 aromatic rings. The van der Waals surface area contributed by atoms with Crippen LogP contribution < -0.4 is 14.8 Å². The highest BCUT2D eigenvalue weighted by atomic mass is 32.1.